The van der Waals surface area contributed by atoms with E-state index in [4.69, 9.17) is 4.74 Å². The Morgan fingerprint density at radius 1 is 1.07 bits per heavy atom. The molecule has 2 aromatic carbocycles. The molecule has 0 spiro atoms. The van der Waals surface area contributed by atoms with Crippen molar-refractivity contribution >= 4 is 11.6 Å². The minimum Gasteiger partial charge on any atom is -0.491 e. The number of hydrogen-bond donors (Lipinski definition) is 1. The molecule has 3 nitrogen and oxygen atoms in total. The van der Waals surface area contributed by atoms with Crippen molar-refractivity contribution in [3.8, 4) is 5.75 Å². The monoisotopic (exact) mass is 369 g/mol. The van der Waals surface area contributed by atoms with E-state index in [9.17, 15) is 9.18 Å². The summed E-state index contributed by atoms with van der Waals surface area (Å²) in [6.07, 6.45) is 5.84. The van der Waals surface area contributed by atoms with Crippen molar-refractivity contribution in [3.05, 3.63) is 59.9 Å². The molecule has 0 saturated heterocycles. The molecule has 1 aliphatic carbocycles. The zero-order chi connectivity index (χ0) is 19.3. The van der Waals surface area contributed by atoms with Gasteiger partial charge in [0.25, 0.3) is 0 Å². The molecule has 0 unspecified atom stereocenters. The summed E-state index contributed by atoms with van der Waals surface area (Å²) in [5.41, 5.74) is 1.07. The van der Waals surface area contributed by atoms with Crippen molar-refractivity contribution in [2.75, 3.05) is 5.32 Å². The molecule has 1 amide bonds. The van der Waals surface area contributed by atoms with E-state index in [0.29, 0.717) is 0 Å². The Morgan fingerprint density at radius 2 is 1.70 bits per heavy atom. The molecule has 0 aromatic heterocycles. The predicted octanol–water partition coefficient (Wildman–Crippen LogP) is 5.84. The third-order valence-corrected chi connectivity index (χ3v) is 5.56. The van der Waals surface area contributed by atoms with Gasteiger partial charge in [0.15, 0.2) is 0 Å². The second kappa shape index (κ2) is 8.55. The highest BCUT2D eigenvalue weighted by molar-refractivity contribution is 5.99. The zero-order valence-electron chi connectivity index (χ0n) is 16.1. The molecule has 0 bridgehead atoms. The molecule has 0 radical (unpaired) electrons. The van der Waals surface area contributed by atoms with Crippen LogP contribution >= 0.6 is 0 Å². The molecule has 1 fully saturated rings. The van der Waals surface area contributed by atoms with E-state index in [0.717, 1.165) is 55.5 Å². The maximum atomic E-state index is 13.4. The zero-order valence-corrected chi connectivity index (χ0v) is 16.1. The lowest BCUT2D eigenvalue weighted by atomic mass is 9.68. The van der Waals surface area contributed by atoms with Crippen LogP contribution in [0.5, 0.6) is 5.75 Å². The predicted molar refractivity (Wildman–Crippen MR) is 107 cm³/mol. The SMILES string of the molecule is CC[C@@H](C)Oc1ccc(NC(=O)C2(c3ccc(F)cc3)CCCCC2)cc1. The number of anilines is 1. The Bertz CT molecular complexity index is 749. The van der Waals surface area contributed by atoms with E-state index >= 15 is 0 Å². The Kier molecular flexibility index (Phi) is 6.15. The number of ether oxygens (including phenoxy) is 1. The van der Waals surface area contributed by atoms with Gasteiger partial charge in [-0.2, -0.15) is 0 Å². The van der Waals surface area contributed by atoms with E-state index < -0.39 is 5.41 Å². The summed E-state index contributed by atoms with van der Waals surface area (Å²) >= 11 is 0. The maximum absolute atomic E-state index is 13.4. The highest BCUT2D eigenvalue weighted by Crippen LogP contribution is 2.40. The van der Waals surface area contributed by atoms with Crippen LogP contribution in [0.15, 0.2) is 48.5 Å². The van der Waals surface area contributed by atoms with E-state index in [2.05, 4.69) is 12.2 Å². The number of nitrogens with one attached hydrogen (secondary N) is 1. The smallest absolute Gasteiger partial charge is 0.235 e. The number of carbonyl (C=O) groups excluding carboxylic acids is 1. The molecule has 0 heterocycles. The highest BCUT2D eigenvalue weighted by Gasteiger charge is 2.41. The fraction of sp³-hybridized carbons (Fsp3) is 0.435. The maximum Gasteiger partial charge on any atom is 0.235 e. The topological polar surface area (TPSA) is 38.3 Å². The number of amides is 1. The van der Waals surface area contributed by atoms with E-state index in [1.54, 1.807) is 12.1 Å². The number of carbonyl (C=O) groups is 1. The second-order valence-electron chi connectivity index (χ2n) is 7.46. The van der Waals surface area contributed by atoms with Crippen molar-refractivity contribution in [2.24, 2.45) is 0 Å². The summed E-state index contributed by atoms with van der Waals surface area (Å²) in [5.74, 6) is 0.514. The molecule has 4 heteroatoms. The van der Waals surface area contributed by atoms with Crippen LogP contribution in [0.1, 0.15) is 57.9 Å². The van der Waals surface area contributed by atoms with Gasteiger partial charge < -0.3 is 10.1 Å². The second-order valence-corrected chi connectivity index (χ2v) is 7.46. The van der Waals surface area contributed by atoms with Gasteiger partial charge in [-0.05, 0) is 68.1 Å². The van der Waals surface area contributed by atoms with Gasteiger partial charge >= 0.3 is 0 Å². The van der Waals surface area contributed by atoms with Crippen LogP contribution < -0.4 is 10.1 Å². The number of hydrogen-bond acceptors (Lipinski definition) is 2. The molecule has 0 aliphatic heterocycles. The van der Waals surface area contributed by atoms with Crippen LogP contribution in [0.4, 0.5) is 10.1 Å². The van der Waals surface area contributed by atoms with Gasteiger partial charge in [0.1, 0.15) is 11.6 Å². The Labute approximate surface area is 160 Å². The van der Waals surface area contributed by atoms with E-state index in [-0.39, 0.29) is 17.8 Å². The molecular weight excluding hydrogens is 341 g/mol. The van der Waals surface area contributed by atoms with Crippen molar-refractivity contribution in [2.45, 2.75) is 63.9 Å². The lowest BCUT2D eigenvalue weighted by Crippen LogP contribution is -2.42. The van der Waals surface area contributed by atoms with Gasteiger partial charge in [-0.1, -0.05) is 38.3 Å². The molecule has 3 rings (SSSR count). The fourth-order valence-corrected chi connectivity index (χ4v) is 3.75. The van der Waals surface area contributed by atoms with E-state index in [1.165, 1.54) is 12.1 Å². The number of rotatable bonds is 6. The largest absolute Gasteiger partial charge is 0.491 e. The molecule has 144 valence electrons. The Morgan fingerprint density at radius 3 is 2.30 bits per heavy atom. The van der Waals surface area contributed by atoms with Gasteiger partial charge in [-0.15, -0.1) is 0 Å². The number of halogens is 1. The standard InChI is InChI=1S/C23H28FNO2/c1-3-17(2)27-21-13-11-20(12-14-21)25-22(26)23(15-5-4-6-16-23)18-7-9-19(24)10-8-18/h7-14,17H,3-6,15-16H2,1-2H3,(H,25,26)/t17-/m1/s1. The molecule has 1 saturated carbocycles. The van der Waals surface area contributed by atoms with Crippen molar-refractivity contribution in [1.82, 2.24) is 0 Å². The van der Waals surface area contributed by atoms with Crippen molar-refractivity contribution in [3.63, 3.8) is 0 Å². The summed E-state index contributed by atoms with van der Waals surface area (Å²) < 4.78 is 19.2. The molecule has 27 heavy (non-hydrogen) atoms. The average molecular weight is 369 g/mol. The first-order chi connectivity index (χ1) is 13.0. The van der Waals surface area contributed by atoms with Gasteiger partial charge in [-0.3, -0.25) is 4.79 Å². The molecule has 1 atom stereocenters. The first-order valence-corrected chi connectivity index (χ1v) is 9.88. The summed E-state index contributed by atoms with van der Waals surface area (Å²) in [7, 11) is 0. The van der Waals surface area contributed by atoms with Crippen LogP contribution in [0.3, 0.4) is 0 Å². The average Bonchev–Trinajstić information content (AvgIpc) is 2.70. The highest BCUT2D eigenvalue weighted by atomic mass is 19.1. The normalized spacial score (nSPS) is 17.1. The van der Waals surface area contributed by atoms with Gasteiger partial charge in [-0.25, -0.2) is 4.39 Å². The van der Waals surface area contributed by atoms with Gasteiger partial charge in [0.05, 0.1) is 11.5 Å². The summed E-state index contributed by atoms with van der Waals surface area (Å²) in [5, 5.41) is 3.07. The third kappa shape index (κ3) is 4.49. The van der Waals surface area contributed by atoms with Crippen molar-refractivity contribution < 1.29 is 13.9 Å². The quantitative estimate of drug-likeness (QED) is 0.694. The van der Waals surface area contributed by atoms with Gasteiger partial charge in [0.2, 0.25) is 5.91 Å². The minimum absolute atomic E-state index is 0.00981. The van der Waals surface area contributed by atoms with Crippen LogP contribution in [-0.4, -0.2) is 12.0 Å². The summed E-state index contributed by atoms with van der Waals surface area (Å²) in [6.45, 7) is 4.11. The Balaban J connectivity index is 1.78. The molecule has 1 N–H and O–H groups in total. The van der Waals surface area contributed by atoms with Crippen LogP contribution in [-0.2, 0) is 10.2 Å². The molecular formula is C23H28FNO2. The number of benzene rings is 2. The van der Waals surface area contributed by atoms with Crippen LogP contribution in [0.2, 0.25) is 0 Å². The third-order valence-electron chi connectivity index (χ3n) is 5.56. The van der Waals surface area contributed by atoms with Crippen LogP contribution in [0, 0.1) is 5.82 Å². The minimum atomic E-state index is -0.585. The first kappa shape index (κ1) is 19.4. The van der Waals surface area contributed by atoms with E-state index in [1.807, 2.05) is 31.2 Å². The lowest BCUT2D eigenvalue weighted by molar-refractivity contribution is -0.122. The molecule has 1 aliphatic rings. The first-order valence-electron chi connectivity index (χ1n) is 9.88. The summed E-state index contributed by atoms with van der Waals surface area (Å²) in [6, 6.07) is 13.9. The molecule has 2 aromatic rings. The van der Waals surface area contributed by atoms with Crippen molar-refractivity contribution in [1.29, 1.82) is 0 Å². The lowest BCUT2D eigenvalue weighted by Gasteiger charge is -2.36. The summed E-state index contributed by atoms with van der Waals surface area (Å²) in [4.78, 5) is 13.2. The fourth-order valence-electron chi connectivity index (χ4n) is 3.75. The van der Waals surface area contributed by atoms with Crippen LogP contribution in [0.25, 0.3) is 0 Å². The van der Waals surface area contributed by atoms with Gasteiger partial charge in [0, 0.05) is 5.69 Å². The Hall–Kier alpha value is -2.36.